The van der Waals surface area contributed by atoms with E-state index in [1.165, 1.54) is 0 Å². The summed E-state index contributed by atoms with van der Waals surface area (Å²) < 4.78 is 0. The molecule has 0 saturated carbocycles. The molecular formula is C8H10N2OS. The minimum Gasteiger partial charge on any atom is -0.317 e. The molecule has 1 saturated heterocycles. The summed E-state index contributed by atoms with van der Waals surface area (Å²) in [6.45, 7) is 1.63. The molecule has 2 heterocycles. The zero-order valence-corrected chi connectivity index (χ0v) is 7.36. The van der Waals surface area contributed by atoms with Gasteiger partial charge in [0.25, 0.3) is 0 Å². The summed E-state index contributed by atoms with van der Waals surface area (Å²) in [7, 11) is 0. The Kier molecular flexibility index (Phi) is 2.10. The number of nitrogens with one attached hydrogen (secondary N) is 2. The van der Waals surface area contributed by atoms with Gasteiger partial charge < -0.3 is 10.6 Å². The van der Waals surface area contributed by atoms with E-state index in [2.05, 4.69) is 10.6 Å². The van der Waals surface area contributed by atoms with Crippen LogP contribution in [0.25, 0.3) is 0 Å². The minimum absolute atomic E-state index is 0.135. The lowest BCUT2D eigenvalue weighted by atomic mass is 10.0. The van der Waals surface area contributed by atoms with Gasteiger partial charge in [0.05, 0.1) is 10.9 Å². The van der Waals surface area contributed by atoms with Crippen molar-refractivity contribution in [3.05, 3.63) is 17.5 Å². The molecular weight excluding hydrogens is 172 g/mol. The fourth-order valence-corrected chi connectivity index (χ4v) is 1.67. The summed E-state index contributed by atoms with van der Waals surface area (Å²) in [6.07, 6.45) is 0. The van der Waals surface area contributed by atoms with Gasteiger partial charge in [0.15, 0.2) is 0 Å². The van der Waals surface area contributed by atoms with Crippen molar-refractivity contribution in [1.29, 1.82) is 0 Å². The Morgan fingerprint density at radius 3 is 3.00 bits per heavy atom. The molecule has 1 aromatic heterocycles. The normalized spacial score (nSPS) is 17.0. The Hall–Kier alpha value is -0.870. The number of hydrogen-bond acceptors (Lipinski definition) is 3. The highest BCUT2D eigenvalue weighted by atomic mass is 32.1. The Morgan fingerprint density at radius 2 is 2.50 bits per heavy atom. The van der Waals surface area contributed by atoms with Crippen LogP contribution in [0.3, 0.4) is 0 Å². The monoisotopic (exact) mass is 182 g/mol. The van der Waals surface area contributed by atoms with Crippen LogP contribution < -0.4 is 10.6 Å². The predicted molar refractivity (Wildman–Crippen MR) is 49.3 cm³/mol. The summed E-state index contributed by atoms with van der Waals surface area (Å²) in [6, 6.07) is 3.84. The van der Waals surface area contributed by atoms with Gasteiger partial charge in [-0.1, -0.05) is 0 Å². The lowest BCUT2D eigenvalue weighted by Gasteiger charge is -2.25. The Labute approximate surface area is 74.8 Å². The molecule has 0 atom stereocenters. The Bertz CT molecular complexity index is 267. The van der Waals surface area contributed by atoms with Crippen molar-refractivity contribution in [1.82, 2.24) is 5.32 Å². The molecule has 64 valence electrons. The molecule has 0 spiro atoms. The van der Waals surface area contributed by atoms with Crippen molar-refractivity contribution in [3.8, 4) is 0 Å². The number of rotatable bonds is 2. The van der Waals surface area contributed by atoms with Gasteiger partial charge >= 0.3 is 0 Å². The van der Waals surface area contributed by atoms with E-state index in [1.807, 2.05) is 17.5 Å². The van der Waals surface area contributed by atoms with E-state index in [0.717, 1.165) is 18.1 Å². The van der Waals surface area contributed by atoms with E-state index in [-0.39, 0.29) is 11.8 Å². The number of thiophene rings is 1. The summed E-state index contributed by atoms with van der Waals surface area (Å²) in [5.74, 6) is 0.309. The van der Waals surface area contributed by atoms with Crippen LogP contribution in [-0.4, -0.2) is 19.0 Å². The molecule has 4 heteroatoms. The van der Waals surface area contributed by atoms with E-state index < -0.39 is 0 Å². The van der Waals surface area contributed by atoms with Crippen molar-refractivity contribution >= 4 is 22.2 Å². The highest BCUT2D eigenvalue weighted by Crippen LogP contribution is 2.16. The van der Waals surface area contributed by atoms with Gasteiger partial charge in [-0.15, -0.1) is 11.3 Å². The van der Waals surface area contributed by atoms with Crippen molar-refractivity contribution in [2.45, 2.75) is 0 Å². The largest absolute Gasteiger partial charge is 0.317 e. The summed E-state index contributed by atoms with van der Waals surface area (Å²) in [4.78, 5) is 11.3. The first-order valence-corrected chi connectivity index (χ1v) is 4.79. The van der Waals surface area contributed by atoms with E-state index >= 15 is 0 Å². The third kappa shape index (κ3) is 1.49. The standard InChI is InChI=1S/C8H10N2OS/c11-8(6-4-9-5-6)10-7-2-1-3-12-7/h1-3,6,9H,4-5H2,(H,10,11). The van der Waals surface area contributed by atoms with Gasteiger partial charge in [-0.3, -0.25) is 4.79 Å². The molecule has 0 aliphatic carbocycles. The van der Waals surface area contributed by atoms with Crippen LogP contribution >= 0.6 is 11.3 Å². The summed E-state index contributed by atoms with van der Waals surface area (Å²) >= 11 is 1.55. The minimum atomic E-state index is 0.135. The number of hydrogen-bond donors (Lipinski definition) is 2. The van der Waals surface area contributed by atoms with Gasteiger partial charge in [-0.2, -0.15) is 0 Å². The molecule has 2 N–H and O–H groups in total. The van der Waals surface area contributed by atoms with Crippen molar-refractivity contribution in [2.24, 2.45) is 5.92 Å². The molecule has 1 aliphatic heterocycles. The molecule has 1 fully saturated rings. The van der Waals surface area contributed by atoms with Gasteiger partial charge in [0, 0.05) is 13.1 Å². The molecule has 1 aromatic rings. The first-order valence-electron chi connectivity index (χ1n) is 3.91. The summed E-state index contributed by atoms with van der Waals surface area (Å²) in [5, 5.41) is 8.82. The van der Waals surface area contributed by atoms with Gasteiger partial charge in [-0.25, -0.2) is 0 Å². The molecule has 0 unspecified atom stereocenters. The third-order valence-electron chi connectivity index (χ3n) is 1.92. The second kappa shape index (κ2) is 3.25. The second-order valence-corrected chi connectivity index (χ2v) is 3.77. The van der Waals surface area contributed by atoms with Gasteiger partial charge in [-0.05, 0) is 17.5 Å². The number of carbonyl (C=O) groups is 1. The van der Waals surface area contributed by atoms with Crippen LogP contribution in [0, 0.1) is 5.92 Å². The quantitative estimate of drug-likeness (QED) is 0.713. The fraction of sp³-hybridized carbons (Fsp3) is 0.375. The molecule has 1 aliphatic rings. The summed E-state index contributed by atoms with van der Waals surface area (Å²) in [5.41, 5.74) is 0. The van der Waals surface area contributed by atoms with E-state index in [9.17, 15) is 4.79 Å². The average molecular weight is 182 g/mol. The smallest absolute Gasteiger partial charge is 0.230 e. The van der Waals surface area contributed by atoms with Crippen LogP contribution in [0.4, 0.5) is 5.00 Å². The number of amides is 1. The van der Waals surface area contributed by atoms with Crippen molar-refractivity contribution < 1.29 is 4.79 Å². The molecule has 1 amide bonds. The third-order valence-corrected chi connectivity index (χ3v) is 2.71. The average Bonchev–Trinajstić information content (AvgIpc) is 2.34. The highest BCUT2D eigenvalue weighted by Gasteiger charge is 2.24. The molecule has 2 rings (SSSR count). The molecule has 0 aromatic carbocycles. The lowest BCUT2D eigenvalue weighted by molar-refractivity contribution is -0.121. The van der Waals surface area contributed by atoms with Crippen molar-refractivity contribution in [2.75, 3.05) is 18.4 Å². The molecule has 12 heavy (non-hydrogen) atoms. The molecule has 3 nitrogen and oxygen atoms in total. The predicted octanol–water partition coefficient (Wildman–Crippen LogP) is 0.906. The zero-order chi connectivity index (χ0) is 8.39. The highest BCUT2D eigenvalue weighted by molar-refractivity contribution is 7.14. The van der Waals surface area contributed by atoms with Crippen LogP contribution in [0.1, 0.15) is 0 Å². The van der Waals surface area contributed by atoms with E-state index in [1.54, 1.807) is 11.3 Å². The van der Waals surface area contributed by atoms with E-state index in [4.69, 9.17) is 0 Å². The molecule has 0 bridgehead atoms. The Morgan fingerprint density at radius 1 is 1.67 bits per heavy atom. The maximum absolute atomic E-state index is 11.3. The van der Waals surface area contributed by atoms with Gasteiger partial charge in [0.2, 0.25) is 5.91 Å². The fourth-order valence-electron chi connectivity index (χ4n) is 1.05. The maximum atomic E-state index is 11.3. The van der Waals surface area contributed by atoms with Crippen LogP contribution in [-0.2, 0) is 4.79 Å². The second-order valence-electron chi connectivity index (χ2n) is 2.82. The number of anilines is 1. The topological polar surface area (TPSA) is 41.1 Å². The Balaban J connectivity index is 1.90. The van der Waals surface area contributed by atoms with Crippen LogP contribution in [0.2, 0.25) is 0 Å². The van der Waals surface area contributed by atoms with Crippen molar-refractivity contribution in [3.63, 3.8) is 0 Å². The van der Waals surface area contributed by atoms with Crippen LogP contribution in [0.5, 0.6) is 0 Å². The van der Waals surface area contributed by atoms with Gasteiger partial charge in [0.1, 0.15) is 0 Å². The lowest BCUT2D eigenvalue weighted by Crippen LogP contribution is -2.48. The first kappa shape index (κ1) is 7.76. The first-order chi connectivity index (χ1) is 5.86. The molecule has 0 radical (unpaired) electrons. The maximum Gasteiger partial charge on any atom is 0.230 e. The van der Waals surface area contributed by atoms with E-state index in [0.29, 0.717) is 0 Å². The SMILES string of the molecule is O=C(Nc1cccs1)C1CNC1. The zero-order valence-electron chi connectivity index (χ0n) is 6.54. The number of carbonyl (C=O) groups excluding carboxylic acids is 1. The van der Waals surface area contributed by atoms with Crippen LogP contribution in [0.15, 0.2) is 17.5 Å².